The van der Waals surface area contributed by atoms with Gasteiger partial charge in [-0.1, -0.05) is 18.6 Å². The number of aryl methyl sites for hydroxylation is 1. The third kappa shape index (κ3) is 2.75. The molecule has 5 heteroatoms. The van der Waals surface area contributed by atoms with Gasteiger partial charge < -0.3 is 9.55 Å². The normalized spacial score (nSPS) is 20.6. The molecule has 1 fully saturated rings. The summed E-state index contributed by atoms with van der Waals surface area (Å²) in [7, 11) is 0. The first-order chi connectivity index (χ1) is 11.7. The van der Waals surface area contributed by atoms with Gasteiger partial charge in [-0.05, 0) is 49.8 Å². The molecule has 2 heterocycles. The zero-order chi connectivity index (χ0) is 16.5. The van der Waals surface area contributed by atoms with E-state index in [2.05, 4.69) is 25.7 Å². The molecule has 0 saturated heterocycles. The van der Waals surface area contributed by atoms with Gasteiger partial charge in [0.15, 0.2) is 5.82 Å². The fourth-order valence-corrected chi connectivity index (χ4v) is 3.89. The summed E-state index contributed by atoms with van der Waals surface area (Å²) in [4.78, 5) is 12.1. The van der Waals surface area contributed by atoms with Crippen molar-refractivity contribution in [3.63, 3.8) is 0 Å². The fraction of sp³-hybridized carbons (Fsp3) is 0.368. The molecule has 1 aliphatic rings. The largest absolute Gasteiger partial charge is 0.348 e. The van der Waals surface area contributed by atoms with Crippen LogP contribution in [0.3, 0.4) is 0 Å². The number of hydrogen-bond donors (Lipinski definition) is 1. The maximum absolute atomic E-state index is 13.1. The van der Waals surface area contributed by atoms with Gasteiger partial charge in [0.25, 0.3) is 0 Å². The summed E-state index contributed by atoms with van der Waals surface area (Å²) >= 11 is 0. The van der Waals surface area contributed by atoms with E-state index in [1.165, 1.54) is 18.4 Å². The van der Waals surface area contributed by atoms with Crippen LogP contribution in [-0.4, -0.2) is 19.5 Å². The van der Waals surface area contributed by atoms with Crippen molar-refractivity contribution in [2.45, 2.75) is 38.6 Å². The number of benzene rings is 1. The molecule has 1 aliphatic carbocycles. The third-order valence-corrected chi connectivity index (χ3v) is 5.10. The van der Waals surface area contributed by atoms with Crippen LogP contribution >= 0.6 is 0 Å². The summed E-state index contributed by atoms with van der Waals surface area (Å²) in [5.41, 5.74) is 3.16. The van der Waals surface area contributed by atoms with E-state index in [0.29, 0.717) is 12.0 Å². The van der Waals surface area contributed by atoms with Gasteiger partial charge in [-0.3, -0.25) is 0 Å². The smallest absolute Gasteiger partial charge is 0.160 e. The molecule has 0 aliphatic heterocycles. The van der Waals surface area contributed by atoms with Crippen molar-refractivity contribution in [1.82, 2.24) is 19.5 Å². The van der Waals surface area contributed by atoms with Crippen LogP contribution in [0.15, 0.2) is 43.0 Å². The topological polar surface area (TPSA) is 46.5 Å². The predicted octanol–water partition coefficient (Wildman–Crippen LogP) is 4.30. The van der Waals surface area contributed by atoms with E-state index in [0.717, 1.165) is 30.1 Å². The fourth-order valence-electron chi connectivity index (χ4n) is 3.89. The minimum Gasteiger partial charge on any atom is -0.348 e. The average molecular weight is 324 g/mol. The second-order valence-electron chi connectivity index (χ2n) is 6.62. The highest BCUT2D eigenvalue weighted by Crippen LogP contribution is 2.40. The molecular weight excluding hydrogens is 303 g/mol. The average Bonchev–Trinajstić information content (AvgIpc) is 3.29. The second-order valence-corrected chi connectivity index (χ2v) is 6.62. The molecule has 2 atom stereocenters. The molecule has 0 spiro atoms. The zero-order valence-corrected chi connectivity index (χ0v) is 13.7. The van der Waals surface area contributed by atoms with Crippen molar-refractivity contribution in [3.05, 3.63) is 60.1 Å². The van der Waals surface area contributed by atoms with Crippen LogP contribution in [0.2, 0.25) is 0 Å². The van der Waals surface area contributed by atoms with Gasteiger partial charge in [-0.25, -0.2) is 14.4 Å². The summed E-state index contributed by atoms with van der Waals surface area (Å²) in [6.07, 6.45) is 10.2. The first kappa shape index (κ1) is 15.1. The number of aromatic amines is 1. The maximum Gasteiger partial charge on any atom is 0.160 e. The second kappa shape index (κ2) is 6.23. The lowest BCUT2D eigenvalue weighted by atomic mass is 9.94. The molecular formula is C19H21FN4. The minimum absolute atomic E-state index is 0.173. The van der Waals surface area contributed by atoms with Crippen LogP contribution in [-0.2, 0) is 6.42 Å². The Morgan fingerprint density at radius 2 is 2.04 bits per heavy atom. The predicted molar refractivity (Wildman–Crippen MR) is 91.0 cm³/mol. The number of aromatic nitrogens is 4. The summed E-state index contributed by atoms with van der Waals surface area (Å²) in [5, 5.41) is 0. The molecule has 1 aromatic carbocycles. The number of halogens is 1. The van der Waals surface area contributed by atoms with Crippen LogP contribution in [0, 0.1) is 18.7 Å². The highest BCUT2D eigenvalue weighted by atomic mass is 19.1. The van der Waals surface area contributed by atoms with Gasteiger partial charge in [-0.2, -0.15) is 0 Å². The zero-order valence-electron chi connectivity index (χ0n) is 13.7. The number of H-pyrrole nitrogens is 1. The Morgan fingerprint density at radius 3 is 2.79 bits per heavy atom. The molecule has 4 nitrogen and oxygen atoms in total. The standard InChI is InChI=1S/C19H21FN4/c1-13-18(23-12-22-13)19-21-9-10-24(19)17-4-2-3-15(17)11-14-5-7-16(20)8-6-14/h5-10,12,15,17H,2-4,11H2,1H3,(H,22,23)/t15-,17-/m1/s1. The Labute approximate surface area is 140 Å². The van der Waals surface area contributed by atoms with Crippen molar-refractivity contribution in [1.29, 1.82) is 0 Å². The summed E-state index contributed by atoms with van der Waals surface area (Å²) in [6.45, 7) is 2.02. The molecule has 0 unspecified atom stereocenters. The van der Waals surface area contributed by atoms with E-state index < -0.39 is 0 Å². The van der Waals surface area contributed by atoms with Gasteiger partial charge in [0.1, 0.15) is 11.5 Å². The Morgan fingerprint density at radius 1 is 1.21 bits per heavy atom. The molecule has 24 heavy (non-hydrogen) atoms. The third-order valence-electron chi connectivity index (χ3n) is 5.10. The molecule has 0 bridgehead atoms. The molecule has 124 valence electrons. The Kier molecular flexibility index (Phi) is 3.92. The molecule has 3 aromatic rings. The highest BCUT2D eigenvalue weighted by Gasteiger charge is 2.30. The molecule has 4 rings (SSSR count). The molecule has 1 saturated carbocycles. The Hall–Kier alpha value is -2.43. The summed E-state index contributed by atoms with van der Waals surface area (Å²) in [6, 6.07) is 7.32. The van der Waals surface area contributed by atoms with E-state index in [1.54, 1.807) is 18.5 Å². The van der Waals surface area contributed by atoms with Gasteiger partial charge >= 0.3 is 0 Å². The summed E-state index contributed by atoms with van der Waals surface area (Å²) < 4.78 is 15.4. The SMILES string of the molecule is Cc1[nH]cnc1-c1nccn1[C@@H]1CCC[C@@H]1Cc1ccc(F)cc1. The van der Waals surface area contributed by atoms with E-state index in [9.17, 15) is 4.39 Å². The maximum atomic E-state index is 13.1. The molecule has 1 N–H and O–H groups in total. The number of imidazole rings is 2. The molecule has 0 amide bonds. The van der Waals surface area contributed by atoms with Crippen LogP contribution in [0.5, 0.6) is 0 Å². The lowest BCUT2D eigenvalue weighted by Gasteiger charge is -2.23. The van der Waals surface area contributed by atoms with Crippen molar-refractivity contribution in [2.24, 2.45) is 5.92 Å². The Balaban J connectivity index is 1.61. The van der Waals surface area contributed by atoms with E-state index in [-0.39, 0.29) is 5.82 Å². The quantitative estimate of drug-likeness (QED) is 0.777. The molecule has 2 aromatic heterocycles. The van der Waals surface area contributed by atoms with E-state index in [4.69, 9.17) is 0 Å². The first-order valence-electron chi connectivity index (χ1n) is 8.50. The van der Waals surface area contributed by atoms with Crippen LogP contribution < -0.4 is 0 Å². The van der Waals surface area contributed by atoms with Crippen molar-refractivity contribution in [2.75, 3.05) is 0 Å². The first-order valence-corrected chi connectivity index (χ1v) is 8.50. The van der Waals surface area contributed by atoms with Gasteiger partial charge in [0, 0.05) is 24.1 Å². The lowest BCUT2D eigenvalue weighted by molar-refractivity contribution is 0.380. The highest BCUT2D eigenvalue weighted by molar-refractivity contribution is 5.53. The van der Waals surface area contributed by atoms with E-state index in [1.807, 2.05) is 25.3 Å². The van der Waals surface area contributed by atoms with Crippen LogP contribution in [0.25, 0.3) is 11.5 Å². The van der Waals surface area contributed by atoms with Gasteiger partial charge in [-0.15, -0.1) is 0 Å². The van der Waals surface area contributed by atoms with Gasteiger partial charge in [0.2, 0.25) is 0 Å². The number of nitrogens with zero attached hydrogens (tertiary/aromatic N) is 3. The van der Waals surface area contributed by atoms with Gasteiger partial charge in [0.05, 0.1) is 6.33 Å². The van der Waals surface area contributed by atoms with Crippen molar-refractivity contribution >= 4 is 0 Å². The monoisotopic (exact) mass is 324 g/mol. The summed E-state index contributed by atoms with van der Waals surface area (Å²) in [5.74, 6) is 1.31. The van der Waals surface area contributed by atoms with E-state index >= 15 is 0 Å². The number of nitrogens with one attached hydrogen (secondary N) is 1. The number of rotatable bonds is 4. The Bertz CT molecular complexity index is 818. The van der Waals surface area contributed by atoms with Crippen molar-refractivity contribution in [3.8, 4) is 11.5 Å². The van der Waals surface area contributed by atoms with Crippen LogP contribution in [0.4, 0.5) is 4.39 Å². The molecule has 0 radical (unpaired) electrons. The number of hydrogen-bond acceptors (Lipinski definition) is 2. The van der Waals surface area contributed by atoms with Crippen LogP contribution in [0.1, 0.15) is 36.6 Å². The minimum atomic E-state index is -0.173. The van der Waals surface area contributed by atoms with Crippen molar-refractivity contribution < 1.29 is 4.39 Å². The lowest BCUT2D eigenvalue weighted by Crippen LogP contribution is -2.17.